The Morgan fingerprint density at radius 2 is 2.12 bits per heavy atom. The van der Waals surface area contributed by atoms with Crippen LogP contribution in [-0.4, -0.2) is 34.4 Å². The maximum absolute atomic E-state index is 5.99. The van der Waals surface area contributed by atoms with Crippen LogP contribution in [0, 0.1) is 0 Å². The van der Waals surface area contributed by atoms with E-state index in [1.54, 1.807) is 0 Å². The highest BCUT2D eigenvalue weighted by molar-refractivity contribution is 6.30. The van der Waals surface area contributed by atoms with Crippen LogP contribution in [-0.2, 0) is 0 Å². The van der Waals surface area contributed by atoms with E-state index in [0.717, 1.165) is 23.6 Å². The second-order valence-electron chi connectivity index (χ2n) is 4.83. The smallest absolute Gasteiger partial charge is 0.116 e. The fourth-order valence-electron chi connectivity index (χ4n) is 2.56. The van der Waals surface area contributed by atoms with Crippen LogP contribution in [0.5, 0.6) is 0 Å². The van der Waals surface area contributed by atoms with Gasteiger partial charge in [0.05, 0.1) is 11.7 Å². The van der Waals surface area contributed by atoms with Gasteiger partial charge in [-0.2, -0.15) is 0 Å². The van der Waals surface area contributed by atoms with Gasteiger partial charge in [0.15, 0.2) is 0 Å². The van der Waals surface area contributed by atoms with E-state index in [0.29, 0.717) is 5.92 Å². The average molecular weight is 250 g/mol. The quantitative estimate of drug-likeness (QED) is 0.775. The molecule has 1 aliphatic rings. The molecule has 3 heterocycles. The number of hydrogen-bond acceptors (Lipinski definition) is 2. The lowest BCUT2D eigenvalue weighted by Gasteiger charge is -2.28. The maximum atomic E-state index is 5.99. The zero-order valence-corrected chi connectivity index (χ0v) is 10.7. The molecule has 0 N–H and O–H groups in total. The van der Waals surface area contributed by atoms with Crippen molar-refractivity contribution < 1.29 is 0 Å². The van der Waals surface area contributed by atoms with E-state index in [1.807, 2.05) is 24.5 Å². The predicted molar refractivity (Wildman–Crippen MR) is 69.7 cm³/mol. The van der Waals surface area contributed by atoms with Crippen molar-refractivity contribution >= 4 is 17.1 Å². The number of hydrogen-bond donors (Lipinski definition) is 0. The van der Waals surface area contributed by atoms with Crippen LogP contribution in [0.1, 0.15) is 24.6 Å². The van der Waals surface area contributed by atoms with Gasteiger partial charge < -0.3 is 9.30 Å². The number of piperidine rings is 1. The van der Waals surface area contributed by atoms with Crippen molar-refractivity contribution in [3.05, 3.63) is 35.4 Å². The lowest BCUT2D eigenvalue weighted by molar-refractivity contribution is 0.251. The van der Waals surface area contributed by atoms with Gasteiger partial charge in [-0.25, -0.2) is 4.98 Å². The zero-order valence-electron chi connectivity index (χ0n) is 9.93. The van der Waals surface area contributed by atoms with E-state index in [1.165, 1.54) is 18.7 Å². The number of fused-ring (bicyclic) bond motifs is 1. The van der Waals surface area contributed by atoms with E-state index in [4.69, 9.17) is 11.6 Å². The molecule has 4 heteroatoms. The lowest BCUT2D eigenvalue weighted by Crippen LogP contribution is -2.29. The normalized spacial score (nSPS) is 18.9. The number of halogens is 1. The fourth-order valence-corrected chi connectivity index (χ4v) is 2.73. The molecule has 0 radical (unpaired) electrons. The number of aromatic nitrogens is 2. The standard InChI is InChI=1S/C13H16ClN3/c1-16-5-2-10(3-6-16)13-15-9-12-8-11(14)4-7-17(12)13/h4,7-10H,2-3,5-6H2,1H3. The summed E-state index contributed by atoms with van der Waals surface area (Å²) in [6.07, 6.45) is 6.33. The number of nitrogens with zero attached hydrogens (tertiary/aromatic N) is 3. The van der Waals surface area contributed by atoms with Crippen molar-refractivity contribution in [1.29, 1.82) is 0 Å². The summed E-state index contributed by atoms with van der Waals surface area (Å²) in [7, 11) is 2.18. The summed E-state index contributed by atoms with van der Waals surface area (Å²) >= 11 is 5.99. The lowest BCUT2D eigenvalue weighted by atomic mass is 9.96. The minimum absolute atomic E-state index is 0.579. The molecule has 0 unspecified atom stereocenters. The fraction of sp³-hybridized carbons (Fsp3) is 0.462. The Bertz CT molecular complexity index is 526. The molecule has 0 saturated carbocycles. The van der Waals surface area contributed by atoms with Crippen molar-refractivity contribution in [3.8, 4) is 0 Å². The van der Waals surface area contributed by atoms with Gasteiger partial charge >= 0.3 is 0 Å². The molecular formula is C13H16ClN3. The van der Waals surface area contributed by atoms with Gasteiger partial charge in [0.25, 0.3) is 0 Å². The molecule has 3 rings (SSSR count). The topological polar surface area (TPSA) is 20.5 Å². The number of likely N-dealkylation sites (tertiary alicyclic amines) is 1. The Balaban J connectivity index is 1.95. The van der Waals surface area contributed by atoms with Gasteiger partial charge in [-0.3, -0.25) is 0 Å². The van der Waals surface area contributed by atoms with Gasteiger partial charge in [0.2, 0.25) is 0 Å². The molecule has 1 aliphatic heterocycles. The van der Waals surface area contributed by atoms with Crippen LogP contribution in [0.3, 0.4) is 0 Å². The van der Waals surface area contributed by atoms with Crippen molar-refractivity contribution in [1.82, 2.24) is 14.3 Å². The summed E-state index contributed by atoms with van der Waals surface area (Å²) in [6.45, 7) is 2.32. The van der Waals surface area contributed by atoms with E-state index in [-0.39, 0.29) is 0 Å². The highest BCUT2D eigenvalue weighted by Crippen LogP contribution is 2.27. The monoisotopic (exact) mass is 249 g/mol. The third-order valence-electron chi connectivity index (χ3n) is 3.61. The van der Waals surface area contributed by atoms with Crippen LogP contribution in [0.25, 0.3) is 5.52 Å². The number of pyridine rings is 1. The Kier molecular flexibility index (Phi) is 2.81. The first-order chi connectivity index (χ1) is 8.24. The summed E-state index contributed by atoms with van der Waals surface area (Å²) in [5, 5.41) is 0.771. The Morgan fingerprint density at radius 1 is 1.35 bits per heavy atom. The molecule has 2 aromatic heterocycles. The molecule has 2 aromatic rings. The third-order valence-corrected chi connectivity index (χ3v) is 3.84. The average Bonchev–Trinajstić information content (AvgIpc) is 2.73. The molecule has 0 atom stereocenters. The van der Waals surface area contributed by atoms with E-state index < -0.39 is 0 Å². The first-order valence-electron chi connectivity index (χ1n) is 6.05. The van der Waals surface area contributed by atoms with Crippen LogP contribution >= 0.6 is 11.6 Å². The summed E-state index contributed by atoms with van der Waals surface area (Å²) in [5.41, 5.74) is 1.09. The van der Waals surface area contributed by atoms with Crippen LogP contribution in [0.2, 0.25) is 5.02 Å². The van der Waals surface area contributed by atoms with Crippen molar-refractivity contribution in [3.63, 3.8) is 0 Å². The summed E-state index contributed by atoms with van der Waals surface area (Å²) < 4.78 is 2.17. The first kappa shape index (κ1) is 11.1. The molecule has 1 saturated heterocycles. The highest BCUT2D eigenvalue weighted by atomic mass is 35.5. The molecule has 0 amide bonds. The highest BCUT2D eigenvalue weighted by Gasteiger charge is 2.21. The maximum Gasteiger partial charge on any atom is 0.116 e. The van der Waals surface area contributed by atoms with Crippen molar-refractivity contribution in [2.24, 2.45) is 0 Å². The molecule has 17 heavy (non-hydrogen) atoms. The van der Waals surface area contributed by atoms with E-state index >= 15 is 0 Å². The molecule has 3 nitrogen and oxygen atoms in total. The number of imidazole rings is 1. The summed E-state index contributed by atoms with van der Waals surface area (Å²) in [4.78, 5) is 6.95. The van der Waals surface area contributed by atoms with Crippen LogP contribution in [0.4, 0.5) is 0 Å². The van der Waals surface area contributed by atoms with Gasteiger partial charge in [-0.05, 0) is 45.1 Å². The van der Waals surface area contributed by atoms with Gasteiger partial charge in [0, 0.05) is 17.1 Å². The van der Waals surface area contributed by atoms with E-state index in [2.05, 4.69) is 21.3 Å². The van der Waals surface area contributed by atoms with Crippen molar-refractivity contribution in [2.45, 2.75) is 18.8 Å². The molecule has 90 valence electrons. The molecule has 1 fully saturated rings. The van der Waals surface area contributed by atoms with Crippen LogP contribution in [0.15, 0.2) is 24.5 Å². The second kappa shape index (κ2) is 4.31. The van der Waals surface area contributed by atoms with Gasteiger partial charge in [0.1, 0.15) is 5.82 Å². The Morgan fingerprint density at radius 3 is 2.88 bits per heavy atom. The summed E-state index contributed by atoms with van der Waals surface area (Å²) in [5.74, 6) is 1.76. The minimum Gasteiger partial charge on any atom is -0.306 e. The van der Waals surface area contributed by atoms with Crippen molar-refractivity contribution in [2.75, 3.05) is 20.1 Å². The largest absolute Gasteiger partial charge is 0.306 e. The third kappa shape index (κ3) is 2.05. The number of rotatable bonds is 1. The Hall–Kier alpha value is -1.06. The Labute approximate surface area is 106 Å². The minimum atomic E-state index is 0.579. The molecule has 0 aliphatic carbocycles. The van der Waals surface area contributed by atoms with Gasteiger partial charge in [-0.1, -0.05) is 11.6 Å². The molecule has 0 bridgehead atoms. The summed E-state index contributed by atoms with van der Waals surface area (Å²) in [6, 6.07) is 3.89. The molecule has 0 aromatic carbocycles. The molecule has 0 spiro atoms. The van der Waals surface area contributed by atoms with E-state index in [9.17, 15) is 0 Å². The first-order valence-corrected chi connectivity index (χ1v) is 6.43. The van der Waals surface area contributed by atoms with Crippen LogP contribution < -0.4 is 0 Å². The van der Waals surface area contributed by atoms with Gasteiger partial charge in [-0.15, -0.1) is 0 Å². The second-order valence-corrected chi connectivity index (χ2v) is 5.27. The molecular weight excluding hydrogens is 234 g/mol. The predicted octanol–water partition coefficient (Wildman–Crippen LogP) is 2.80. The zero-order chi connectivity index (χ0) is 11.8. The SMILES string of the molecule is CN1CCC(c2ncc3cc(Cl)ccn23)CC1.